The molecular weight excluding hydrogens is 480 g/mol. The van der Waals surface area contributed by atoms with E-state index in [4.69, 9.17) is 15.9 Å². The van der Waals surface area contributed by atoms with Gasteiger partial charge >= 0.3 is 5.97 Å². The molecule has 1 atom stereocenters. The summed E-state index contributed by atoms with van der Waals surface area (Å²) in [6.45, 7) is 6.06. The molecule has 0 aliphatic carbocycles. The molecule has 7 heteroatoms. The van der Waals surface area contributed by atoms with E-state index >= 15 is 0 Å². The van der Waals surface area contributed by atoms with E-state index in [1.54, 1.807) is 32.2 Å². The molecule has 2 heterocycles. The van der Waals surface area contributed by atoms with Crippen molar-refractivity contribution in [3.63, 3.8) is 0 Å². The lowest BCUT2D eigenvalue weighted by molar-refractivity contribution is -0.145. The molecule has 4 aromatic rings. The van der Waals surface area contributed by atoms with Crippen LogP contribution in [0.15, 0.2) is 54.6 Å². The van der Waals surface area contributed by atoms with Gasteiger partial charge in [0.05, 0.1) is 19.2 Å². The molecular formula is C31H30N2O5. The van der Waals surface area contributed by atoms with E-state index in [1.165, 1.54) is 0 Å². The topological polar surface area (TPSA) is 90.7 Å². The summed E-state index contributed by atoms with van der Waals surface area (Å²) in [5.41, 5.74) is 5.08. The molecule has 1 unspecified atom stereocenters. The highest BCUT2D eigenvalue weighted by molar-refractivity contribution is 6.17. The molecule has 4 rings (SSSR count). The van der Waals surface area contributed by atoms with Gasteiger partial charge < -0.3 is 19.1 Å². The first-order chi connectivity index (χ1) is 18.3. The highest BCUT2D eigenvalue weighted by Crippen LogP contribution is 2.31. The summed E-state index contributed by atoms with van der Waals surface area (Å²) in [5.74, 6) is 2.38. The quantitative estimate of drug-likeness (QED) is 0.226. The largest absolute Gasteiger partial charge is 0.481 e. The zero-order valence-corrected chi connectivity index (χ0v) is 21.9. The van der Waals surface area contributed by atoms with Crippen LogP contribution in [0, 0.1) is 19.3 Å². The number of nitrogens with zero attached hydrogens (tertiary/aromatic N) is 2. The maximum atomic E-state index is 13.7. The molecule has 0 amide bonds. The van der Waals surface area contributed by atoms with Gasteiger partial charge in [0.2, 0.25) is 5.88 Å². The summed E-state index contributed by atoms with van der Waals surface area (Å²) in [4.78, 5) is 29.7. The van der Waals surface area contributed by atoms with Crippen LogP contribution in [0.3, 0.4) is 0 Å². The predicted octanol–water partition coefficient (Wildman–Crippen LogP) is 5.42. The minimum absolute atomic E-state index is 0.0823. The van der Waals surface area contributed by atoms with Gasteiger partial charge in [-0.3, -0.25) is 4.79 Å². The second kappa shape index (κ2) is 11.2. The van der Waals surface area contributed by atoms with Gasteiger partial charge in [0.1, 0.15) is 11.4 Å². The van der Waals surface area contributed by atoms with Crippen molar-refractivity contribution in [3.05, 3.63) is 88.1 Å². The highest BCUT2D eigenvalue weighted by Gasteiger charge is 2.23. The summed E-state index contributed by atoms with van der Waals surface area (Å²) in [6, 6.07) is 16.4. The Balaban J connectivity index is 1.78. The number of aryl methyl sites for hydroxylation is 1. The van der Waals surface area contributed by atoms with Crippen molar-refractivity contribution in [2.45, 2.75) is 46.3 Å². The first-order valence-electron chi connectivity index (χ1n) is 12.5. The van der Waals surface area contributed by atoms with Gasteiger partial charge in [-0.15, -0.1) is 6.42 Å². The molecule has 0 saturated heterocycles. The van der Waals surface area contributed by atoms with Gasteiger partial charge in [0.25, 0.3) is 0 Å². The van der Waals surface area contributed by atoms with Crippen LogP contribution < -0.4 is 9.47 Å². The fraction of sp³-hybridized carbons (Fsp3) is 0.258. The number of benzene rings is 2. The molecule has 194 valence electrons. The third kappa shape index (κ3) is 5.12. The van der Waals surface area contributed by atoms with Crippen molar-refractivity contribution in [2.75, 3.05) is 7.11 Å². The van der Waals surface area contributed by atoms with E-state index in [2.05, 4.69) is 17.8 Å². The van der Waals surface area contributed by atoms with Crippen LogP contribution in [-0.4, -0.2) is 39.6 Å². The summed E-state index contributed by atoms with van der Waals surface area (Å²) >= 11 is 0. The second-order valence-electron chi connectivity index (χ2n) is 8.97. The summed E-state index contributed by atoms with van der Waals surface area (Å²) in [6.07, 6.45) is 6.08. The van der Waals surface area contributed by atoms with Gasteiger partial charge in [-0.2, -0.15) is 4.98 Å². The molecule has 0 spiro atoms. The Hall–Kier alpha value is -4.57. The van der Waals surface area contributed by atoms with Crippen LogP contribution in [-0.2, 0) is 17.8 Å². The number of methoxy groups -OCH3 is 1. The van der Waals surface area contributed by atoms with Gasteiger partial charge in [-0.1, -0.05) is 50.1 Å². The Morgan fingerprint density at radius 3 is 2.45 bits per heavy atom. The van der Waals surface area contributed by atoms with E-state index in [-0.39, 0.29) is 5.78 Å². The van der Waals surface area contributed by atoms with Crippen molar-refractivity contribution < 1.29 is 24.2 Å². The van der Waals surface area contributed by atoms with Crippen LogP contribution in [0.4, 0.5) is 0 Å². The Labute approximate surface area is 222 Å². The Kier molecular flexibility index (Phi) is 7.82. The molecule has 0 aliphatic heterocycles. The molecule has 2 aromatic carbocycles. The number of terminal acetylenes is 1. The number of pyridine rings is 1. The SMILES string of the molecule is C#Cc1cc(OC(CC)C(=O)O)ccc1Cn1c(C)c(C(=O)c2ccc(CC)cc2)c2ccc(OC)nc21. The first-order valence-corrected chi connectivity index (χ1v) is 12.5. The minimum atomic E-state index is -1.03. The number of aromatic nitrogens is 2. The Bertz CT molecular complexity index is 1540. The number of ether oxygens (including phenoxy) is 2. The average molecular weight is 511 g/mol. The fourth-order valence-electron chi connectivity index (χ4n) is 4.49. The molecule has 1 N–H and O–H groups in total. The minimum Gasteiger partial charge on any atom is -0.481 e. The molecule has 0 saturated carbocycles. The third-order valence-electron chi connectivity index (χ3n) is 6.69. The molecule has 0 fully saturated rings. The molecule has 38 heavy (non-hydrogen) atoms. The number of hydrogen-bond acceptors (Lipinski definition) is 5. The lowest BCUT2D eigenvalue weighted by Crippen LogP contribution is -2.25. The van der Waals surface area contributed by atoms with E-state index in [0.717, 1.165) is 28.6 Å². The van der Waals surface area contributed by atoms with Crippen molar-refractivity contribution in [1.29, 1.82) is 0 Å². The highest BCUT2D eigenvalue weighted by atomic mass is 16.5. The number of carbonyl (C=O) groups is 2. The zero-order chi connectivity index (χ0) is 27.4. The number of rotatable bonds is 10. The van der Waals surface area contributed by atoms with Crippen LogP contribution in [0.2, 0.25) is 0 Å². The number of carbonyl (C=O) groups excluding carboxylic acids is 1. The van der Waals surface area contributed by atoms with E-state index in [0.29, 0.717) is 46.9 Å². The number of ketones is 1. The lowest BCUT2D eigenvalue weighted by atomic mass is 9.99. The first kappa shape index (κ1) is 26.5. The Morgan fingerprint density at radius 2 is 1.84 bits per heavy atom. The Morgan fingerprint density at radius 1 is 1.11 bits per heavy atom. The number of fused-ring (bicyclic) bond motifs is 1. The standard InChI is InChI=1S/C31H30N2O5/c1-6-20-9-11-22(12-10-20)29(34)28-19(4)33(30-25(28)15-16-27(32-30)37-5)18-23-13-14-24(17-21(23)7-2)38-26(8-3)31(35)36/h2,9-17,26H,6,8,18H2,1,3-5H3,(H,35,36). The number of carboxylic acids is 1. The fourth-order valence-corrected chi connectivity index (χ4v) is 4.49. The molecule has 0 radical (unpaired) electrons. The summed E-state index contributed by atoms with van der Waals surface area (Å²) in [7, 11) is 1.55. The smallest absolute Gasteiger partial charge is 0.344 e. The van der Waals surface area contributed by atoms with Crippen molar-refractivity contribution in [1.82, 2.24) is 9.55 Å². The van der Waals surface area contributed by atoms with Crippen LogP contribution in [0.5, 0.6) is 11.6 Å². The van der Waals surface area contributed by atoms with Crippen LogP contribution in [0.25, 0.3) is 11.0 Å². The number of carboxylic acid groups (broad SMARTS) is 1. The van der Waals surface area contributed by atoms with Gasteiger partial charge in [0, 0.05) is 28.3 Å². The average Bonchev–Trinajstić information content (AvgIpc) is 3.21. The maximum Gasteiger partial charge on any atom is 0.344 e. The zero-order valence-electron chi connectivity index (χ0n) is 21.9. The van der Waals surface area contributed by atoms with Crippen LogP contribution in [0.1, 0.15) is 58.6 Å². The van der Waals surface area contributed by atoms with Crippen molar-refractivity contribution in [3.8, 4) is 24.0 Å². The molecule has 2 aromatic heterocycles. The van der Waals surface area contributed by atoms with E-state index in [9.17, 15) is 14.7 Å². The molecule has 7 nitrogen and oxygen atoms in total. The second-order valence-corrected chi connectivity index (χ2v) is 8.97. The van der Waals surface area contributed by atoms with E-state index in [1.807, 2.05) is 47.9 Å². The van der Waals surface area contributed by atoms with E-state index < -0.39 is 12.1 Å². The predicted molar refractivity (Wildman–Crippen MR) is 146 cm³/mol. The van der Waals surface area contributed by atoms with Crippen molar-refractivity contribution in [2.24, 2.45) is 0 Å². The monoisotopic (exact) mass is 510 g/mol. The summed E-state index contributed by atoms with van der Waals surface area (Å²) in [5, 5.41) is 10.1. The van der Waals surface area contributed by atoms with Gasteiger partial charge in [0.15, 0.2) is 11.9 Å². The lowest BCUT2D eigenvalue weighted by Gasteiger charge is -2.15. The molecule has 0 bridgehead atoms. The normalized spacial score (nSPS) is 11.7. The van der Waals surface area contributed by atoms with Gasteiger partial charge in [-0.25, -0.2) is 4.79 Å². The molecule has 0 aliphatic rings. The third-order valence-corrected chi connectivity index (χ3v) is 6.69. The van der Waals surface area contributed by atoms with Crippen molar-refractivity contribution >= 4 is 22.8 Å². The van der Waals surface area contributed by atoms with Crippen LogP contribution >= 0.6 is 0 Å². The number of aliphatic carboxylic acids is 1. The summed E-state index contributed by atoms with van der Waals surface area (Å²) < 4.78 is 12.9. The van der Waals surface area contributed by atoms with Gasteiger partial charge in [-0.05, 0) is 49.1 Å². The number of hydrogen-bond donors (Lipinski definition) is 1. The maximum absolute atomic E-state index is 13.7.